The van der Waals surface area contributed by atoms with Crippen molar-refractivity contribution in [2.75, 3.05) is 49.7 Å². The zero-order chi connectivity index (χ0) is 31.5. The number of anilines is 2. The Morgan fingerprint density at radius 3 is 1.63 bits per heavy atom. The largest absolute Gasteiger partial charge is 0.496 e. The van der Waals surface area contributed by atoms with Gasteiger partial charge in [-0.3, -0.25) is 0 Å². The molecule has 0 radical (unpaired) electrons. The summed E-state index contributed by atoms with van der Waals surface area (Å²) in [6.45, 7) is 14.8. The van der Waals surface area contributed by atoms with Gasteiger partial charge >= 0.3 is 0 Å². The summed E-state index contributed by atoms with van der Waals surface area (Å²) in [6, 6.07) is 15.9. The normalized spacial score (nSPS) is 11.7. The molecule has 8 heteroatoms. The summed E-state index contributed by atoms with van der Waals surface area (Å²) in [7, 11) is 1.60. The Morgan fingerprint density at radius 1 is 0.698 bits per heavy atom. The average molecular weight is 585 g/mol. The number of benzene rings is 2. The lowest BCUT2D eigenvalue weighted by Gasteiger charge is -2.22. The fourth-order valence-corrected chi connectivity index (χ4v) is 4.75. The van der Waals surface area contributed by atoms with Gasteiger partial charge in [0.25, 0.3) is 0 Å². The van der Waals surface area contributed by atoms with Crippen molar-refractivity contribution >= 4 is 23.8 Å². The van der Waals surface area contributed by atoms with E-state index in [0.717, 1.165) is 56.0 Å². The smallest absolute Gasteiger partial charge is 0.176 e. The summed E-state index contributed by atoms with van der Waals surface area (Å²) >= 11 is 0. The predicted molar refractivity (Wildman–Crippen MR) is 179 cm³/mol. The van der Waals surface area contributed by atoms with Gasteiger partial charge in [0, 0.05) is 73.2 Å². The molecule has 2 aromatic carbocycles. The molecule has 0 aliphatic heterocycles. The minimum Gasteiger partial charge on any atom is -0.496 e. The van der Waals surface area contributed by atoms with E-state index < -0.39 is 0 Å². The minimum absolute atomic E-state index is 0.0767. The Labute approximate surface area is 259 Å². The van der Waals surface area contributed by atoms with Gasteiger partial charge in [-0.2, -0.15) is 10.5 Å². The van der Waals surface area contributed by atoms with Crippen molar-refractivity contribution in [2.24, 2.45) is 9.98 Å². The van der Waals surface area contributed by atoms with Gasteiger partial charge in [-0.1, -0.05) is 39.0 Å². The molecule has 2 rings (SSSR count). The maximum absolute atomic E-state index is 9.85. The summed E-state index contributed by atoms with van der Waals surface area (Å²) in [5.74, 6) is 1.34. The molecule has 230 valence electrons. The minimum atomic E-state index is -0.0806. The van der Waals surface area contributed by atoms with Gasteiger partial charge in [0.15, 0.2) is 11.4 Å². The molecule has 0 amide bonds. The van der Waals surface area contributed by atoms with Crippen molar-refractivity contribution < 1.29 is 9.47 Å². The first-order chi connectivity index (χ1) is 21.0. The Balaban J connectivity index is 2.34. The summed E-state index contributed by atoms with van der Waals surface area (Å²) in [5.41, 5.74) is 3.39. The van der Waals surface area contributed by atoms with E-state index in [2.05, 4.69) is 54.4 Å². The van der Waals surface area contributed by atoms with Crippen molar-refractivity contribution in [1.29, 1.82) is 10.5 Å². The van der Waals surface area contributed by atoms with Crippen molar-refractivity contribution in [3.8, 4) is 23.6 Å². The van der Waals surface area contributed by atoms with E-state index in [1.165, 1.54) is 31.9 Å². The third-order valence-corrected chi connectivity index (χ3v) is 7.33. The number of nitrogens with zero attached hydrogens (tertiary/aromatic N) is 6. The molecule has 0 fully saturated rings. The summed E-state index contributed by atoms with van der Waals surface area (Å²) in [6.07, 6.45) is 10.2. The fraction of sp³-hybridized carbons (Fsp3) is 0.486. The SMILES string of the molecule is CCCCCCCCOc1cc(N(CC)CC)ccc1C=N/C(C#N)=C(/C#N)N=Cc1ccc(N(CC)CC)cc1OC. The van der Waals surface area contributed by atoms with Gasteiger partial charge in [0.2, 0.25) is 0 Å². The zero-order valence-corrected chi connectivity index (χ0v) is 26.9. The predicted octanol–water partition coefficient (Wildman–Crippen LogP) is 7.92. The second kappa shape index (κ2) is 19.8. The first-order valence-corrected chi connectivity index (χ1v) is 15.6. The van der Waals surface area contributed by atoms with Crippen LogP contribution in [0.15, 0.2) is 57.8 Å². The summed E-state index contributed by atoms with van der Waals surface area (Å²) in [5, 5.41) is 19.7. The third kappa shape index (κ3) is 10.8. The van der Waals surface area contributed by atoms with Crippen LogP contribution in [0.1, 0.15) is 84.3 Å². The summed E-state index contributed by atoms with van der Waals surface area (Å²) < 4.78 is 11.8. The lowest BCUT2D eigenvalue weighted by molar-refractivity contribution is 0.304. The monoisotopic (exact) mass is 584 g/mol. The molecular formula is C35H48N6O2. The van der Waals surface area contributed by atoms with Crippen LogP contribution < -0.4 is 19.3 Å². The highest BCUT2D eigenvalue weighted by molar-refractivity contribution is 5.87. The van der Waals surface area contributed by atoms with Crippen molar-refractivity contribution in [2.45, 2.75) is 73.1 Å². The van der Waals surface area contributed by atoms with Crippen LogP contribution in [0.2, 0.25) is 0 Å². The van der Waals surface area contributed by atoms with E-state index >= 15 is 0 Å². The second-order valence-corrected chi connectivity index (χ2v) is 10.0. The van der Waals surface area contributed by atoms with Crippen LogP contribution in [0.3, 0.4) is 0 Å². The number of aliphatic imine (C=N–C) groups is 2. The maximum Gasteiger partial charge on any atom is 0.176 e. The molecule has 0 spiro atoms. The van der Waals surface area contributed by atoms with Crippen molar-refractivity contribution in [1.82, 2.24) is 0 Å². The molecule has 0 N–H and O–H groups in total. The lowest BCUT2D eigenvalue weighted by atomic mass is 10.1. The van der Waals surface area contributed by atoms with Crippen molar-refractivity contribution in [3.63, 3.8) is 0 Å². The van der Waals surface area contributed by atoms with E-state index in [9.17, 15) is 10.5 Å². The molecule has 2 aromatic rings. The Kier molecular flexibility index (Phi) is 16.0. The van der Waals surface area contributed by atoms with Crippen LogP contribution >= 0.6 is 0 Å². The summed E-state index contributed by atoms with van der Waals surface area (Å²) in [4.78, 5) is 13.2. The van der Waals surface area contributed by atoms with E-state index in [1.807, 2.05) is 48.5 Å². The fourth-order valence-electron chi connectivity index (χ4n) is 4.75. The highest BCUT2D eigenvalue weighted by atomic mass is 16.5. The van der Waals surface area contributed by atoms with Gasteiger partial charge in [0.1, 0.15) is 23.6 Å². The number of rotatable bonds is 19. The highest BCUT2D eigenvalue weighted by Gasteiger charge is 2.11. The molecule has 0 saturated heterocycles. The molecule has 8 nitrogen and oxygen atoms in total. The number of methoxy groups -OCH3 is 1. The van der Waals surface area contributed by atoms with Gasteiger partial charge in [-0.25, -0.2) is 9.98 Å². The molecule has 0 aliphatic carbocycles. The zero-order valence-electron chi connectivity index (χ0n) is 26.9. The third-order valence-electron chi connectivity index (χ3n) is 7.33. The number of unbranched alkanes of at least 4 members (excludes halogenated alkanes) is 5. The highest BCUT2D eigenvalue weighted by Crippen LogP contribution is 2.27. The molecule has 0 saturated carbocycles. The van der Waals surface area contributed by atoms with Crippen molar-refractivity contribution in [3.05, 3.63) is 58.9 Å². The van der Waals surface area contributed by atoms with Gasteiger partial charge in [-0.05, 0) is 58.4 Å². The van der Waals surface area contributed by atoms with Crippen LogP contribution in [0.25, 0.3) is 0 Å². The topological polar surface area (TPSA) is 97.2 Å². The molecule has 0 aliphatic rings. The molecule has 0 atom stereocenters. The van der Waals surface area contributed by atoms with Gasteiger partial charge < -0.3 is 19.3 Å². The second-order valence-electron chi connectivity index (χ2n) is 10.0. The van der Waals surface area contributed by atoms with Crippen LogP contribution in [-0.4, -0.2) is 52.3 Å². The Morgan fingerprint density at radius 2 is 1.16 bits per heavy atom. The molecule has 0 bridgehead atoms. The van der Waals surface area contributed by atoms with E-state index in [4.69, 9.17) is 9.47 Å². The number of nitriles is 2. The van der Waals surface area contributed by atoms with E-state index in [-0.39, 0.29) is 11.4 Å². The lowest BCUT2D eigenvalue weighted by Crippen LogP contribution is -2.21. The molecule has 43 heavy (non-hydrogen) atoms. The quantitative estimate of drug-likeness (QED) is 0.0945. The van der Waals surface area contributed by atoms with E-state index in [1.54, 1.807) is 13.3 Å². The number of allylic oxidation sites excluding steroid dienone is 2. The number of hydrogen-bond donors (Lipinski definition) is 0. The molecular weight excluding hydrogens is 536 g/mol. The Bertz CT molecular complexity index is 1310. The number of ether oxygens (including phenoxy) is 2. The first kappa shape index (κ1) is 34.9. The standard InChI is InChI=1S/C35H48N6O2/c1-7-12-13-14-15-16-21-43-35-23-31(41(10-4)11-5)20-18-29(35)27-39-33(25-37)32(24-36)38-26-28-17-19-30(22-34(28)42-6)40(8-2)9-3/h17-20,22-23,26-27H,7-16,21H2,1-6H3/b33-32-,38-26?,39-27?. The maximum atomic E-state index is 9.85. The Hall–Kier alpha value is -4.30. The molecule has 0 heterocycles. The van der Waals surface area contributed by atoms with Gasteiger partial charge in [0.05, 0.1) is 13.7 Å². The molecule has 0 unspecified atom stereocenters. The van der Waals surface area contributed by atoms with Gasteiger partial charge in [-0.15, -0.1) is 0 Å². The van der Waals surface area contributed by atoms with E-state index in [0.29, 0.717) is 23.7 Å². The molecule has 0 aromatic heterocycles. The van der Waals surface area contributed by atoms with Crippen LogP contribution in [0.5, 0.6) is 11.5 Å². The van der Waals surface area contributed by atoms with Crippen LogP contribution in [0, 0.1) is 22.7 Å². The van der Waals surface area contributed by atoms with Crippen LogP contribution in [-0.2, 0) is 0 Å². The first-order valence-electron chi connectivity index (χ1n) is 15.6. The average Bonchev–Trinajstić information content (AvgIpc) is 3.04. The van der Waals surface area contributed by atoms with Crippen LogP contribution in [0.4, 0.5) is 11.4 Å². The number of hydrogen-bond acceptors (Lipinski definition) is 8.